The van der Waals surface area contributed by atoms with E-state index in [1.807, 2.05) is 0 Å². The van der Waals surface area contributed by atoms with Crippen molar-refractivity contribution < 1.29 is 19.3 Å². The lowest BCUT2D eigenvalue weighted by atomic mass is 9.78. The minimum absolute atomic E-state index is 0.00613. The van der Waals surface area contributed by atoms with Gasteiger partial charge in [0, 0.05) is 18.0 Å². The van der Waals surface area contributed by atoms with Gasteiger partial charge in [0.2, 0.25) is 6.79 Å². The van der Waals surface area contributed by atoms with Crippen LogP contribution in [-0.4, -0.2) is 47.1 Å². The third-order valence-corrected chi connectivity index (χ3v) is 6.90. The first kappa shape index (κ1) is 13.0. The summed E-state index contributed by atoms with van der Waals surface area (Å²) >= 11 is 0. The minimum Gasteiger partial charge on any atom is -0.454 e. The van der Waals surface area contributed by atoms with Gasteiger partial charge in [0.25, 0.3) is 0 Å². The van der Waals surface area contributed by atoms with E-state index in [-0.39, 0.29) is 24.4 Å². The molecule has 2 saturated heterocycles. The lowest BCUT2D eigenvalue weighted by Gasteiger charge is -2.39. The Balaban J connectivity index is 1.65. The molecular formula is C18H21NO4. The van der Waals surface area contributed by atoms with Crippen molar-refractivity contribution in [1.29, 1.82) is 0 Å². The van der Waals surface area contributed by atoms with Gasteiger partial charge in [0.15, 0.2) is 11.5 Å². The van der Waals surface area contributed by atoms with Gasteiger partial charge in [0.05, 0.1) is 17.8 Å². The van der Waals surface area contributed by atoms with Gasteiger partial charge < -0.3 is 19.3 Å². The zero-order chi connectivity index (χ0) is 15.4. The first-order chi connectivity index (χ1) is 11.1. The van der Waals surface area contributed by atoms with E-state index in [0.29, 0.717) is 0 Å². The van der Waals surface area contributed by atoms with E-state index in [2.05, 4.69) is 24.0 Å². The van der Waals surface area contributed by atoms with Gasteiger partial charge in [-0.1, -0.05) is 0 Å². The summed E-state index contributed by atoms with van der Waals surface area (Å²) in [5, 5.41) is 11.2. The number of fused-ring (bicyclic) bond motifs is 1. The summed E-state index contributed by atoms with van der Waals surface area (Å²) < 4.78 is 17.7. The van der Waals surface area contributed by atoms with Crippen LogP contribution in [0.1, 0.15) is 49.3 Å². The number of aliphatic hydroxyl groups is 1. The van der Waals surface area contributed by atoms with Crippen LogP contribution in [-0.2, 0) is 4.74 Å². The molecule has 1 aliphatic carbocycles. The molecule has 5 atom stereocenters. The van der Waals surface area contributed by atoms with E-state index in [4.69, 9.17) is 14.2 Å². The van der Waals surface area contributed by atoms with Gasteiger partial charge >= 0.3 is 0 Å². The lowest BCUT2D eigenvalue weighted by Crippen LogP contribution is -2.47. The average molecular weight is 315 g/mol. The van der Waals surface area contributed by atoms with Gasteiger partial charge in [-0.05, 0) is 56.0 Å². The number of aliphatic hydroxyl groups excluding tert-OH is 1. The van der Waals surface area contributed by atoms with E-state index < -0.39 is 11.7 Å². The highest BCUT2D eigenvalue weighted by molar-refractivity contribution is 5.54. The minimum atomic E-state index is -0.465. The van der Waals surface area contributed by atoms with Crippen LogP contribution in [0.5, 0.6) is 11.5 Å². The number of benzene rings is 1. The van der Waals surface area contributed by atoms with Crippen molar-refractivity contribution in [3.8, 4) is 11.5 Å². The summed E-state index contributed by atoms with van der Waals surface area (Å²) in [4.78, 5) is 2.59. The Morgan fingerprint density at radius 1 is 1.22 bits per heavy atom. The maximum atomic E-state index is 11.2. The summed E-state index contributed by atoms with van der Waals surface area (Å²) in [6, 6.07) is 4.21. The zero-order valence-corrected chi connectivity index (χ0v) is 13.2. The molecule has 4 bridgehead atoms. The largest absolute Gasteiger partial charge is 0.454 e. The fraction of sp³-hybridized carbons (Fsp3) is 0.667. The molecule has 5 nitrogen and oxygen atoms in total. The molecule has 6 aliphatic rings. The summed E-state index contributed by atoms with van der Waals surface area (Å²) in [7, 11) is 0. The first-order valence-corrected chi connectivity index (χ1v) is 8.65. The van der Waals surface area contributed by atoms with Crippen LogP contribution in [0.25, 0.3) is 0 Å². The molecule has 5 aliphatic heterocycles. The highest BCUT2D eigenvalue weighted by Crippen LogP contribution is 2.64. The van der Waals surface area contributed by atoms with Crippen LogP contribution in [0.2, 0.25) is 0 Å². The van der Waals surface area contributed by atoms with Gasteiger partial charge in [-0.3, -0.25) is 4.90 Å². The molecule has 23 heavy (non-hydrogen) atoms. The van der Waals surface area contributed by atoms with Crippen molar-refractivity contribution in [2.75, 3.05) is 19.9 Å². The van der Waals surface area contributed by atoms with Crippen molar-refractivity contribution >= 4 is 0 Å². The van der Waals surface area contributed by atoms with Crippen molar-refractivity contribution in [2.24, 2.45) is 0 Å². The van der Waals surface area contributed by atoms with Gasteiger partial charge in [-0.25, -0.2) is 0 Å². The highest BCUT2D eigenvalue weighted by atomic mass is 16.7. The fourth-order valence-electron chi connectivity index (χ4n) is 6.07. The molecule has 0 amide bonds. The molecule has 122 valence electrons. The molecule has 7 rings (SSSR count). The van der Waals surface area contributed by atoms with E-state index in [9.17, 15) is 5.11 Å². The predicted octanol–water partition coefficient (Wildman–Crippen LogP) is 1.94. The Bertz CT molecular complexity index is 721. The number of hydrogen-bond donors (Lipinski definition) is 1. The lowest BCUT2D eigenvalue weighted by molar-refractivity contribution is -0.132. The Morgan fingerprint density at radius 3 is 2.83 bits per heavy atom. The van der Waals surface area contributed by atoms with Gasteiger partial charge in [-0.15, -0.1) is 0 Å². The first-order valence-electron chi connectivity index (χ1n) is 8.65. The third kappa shape index (κ3) is 1.37. The molecule has 1 saturated carbocycles. The van der Waals surface area contributed by atoms with E-state index in [0.717, 1.165) is 37.4 Å². The molecule has 0 aromatic heterocycles. The van der Waals surface area contributed by atoms with Crippen molar-refractivity contribution in [3.05, 3.63) is 23.3 Å². The second-order valence-corrected chi connectivity index (χ2v) is 8.01. The Kier molecular flexibility index (Phi) is 2.18. The number of hydrogen-bond acceptors (Lipinski definition) is 5. The summed E-state index contributed by atoms with van der Waals surface area (Å²) in [6.45, 7) is 4.41. The zero-order valence-electron chi connectivity index (χ0n) is 13.2. The molecule has 1 aromatic carbocycles. The summed E-state index contributed by atoms with van der Waals surface area (Å²) in [5.74, 6) is 1.73. The Morgan fingerprint density at radius 2 is 2.00 bits per heavy atom. The van der Waals surface area contributed by atoms with Gasteiger partial charge in [-0.2, -0.15) is 0 Å². The third-order valence-electron chi connectivity index (χ3n) is 6.90. The Hall–Kier alpha value is -1.30. The summed E-state index contributed by atoms with van der Waals surface area (Å²) in [6.07, 6.45) is 2.83. The molecule has 1 spiro atoms. The second kappa shape index (κ2) is 3.85. The molecule has 1 N–H and O–H groups in total. The van der Waals surface area contributed by atoms with Crippen LogP contribution < -0.4 is 9.47 Å². The van der Waals surface area contributed by atoms with E-state index >= 15 is 0 Å². The van der Waals surface area contributed by atoms with E-state index in [1.165, 1.54) is 17.5 Å². The van der Waals surface area contributed by atoms with Crippen molar-refractivity contribution in [1.82, 2.24) is 4.90 Å². The van der Waals surface area contributed by atoms with Crippen LogP contribution in [0.3, 0.4) is 0 Å². The van der Waals surface area contributed by atoms with Crippen LogP contribution in [0.4, 0.5) is 0 Å². The molecule has 5 heterocycles. The maximum absolute atomic E-state index is 11.2. The van der Waals surface area contributed by atoms with Crippen LogP contribution >= 0.6 is 0 Å². The van der Waals surface area contributed by atoms with Gasteiger partial charge in [0.1, 0.15) is 0 Å². The number of nitrogens with zero attached hydrogens (tertiary/aromatic N) is 1. The standard InChI is InChI=1S/C18H21NO4/c1-17-8-18-3-2-4-19(18)7-14(23-17)10-5-12-13(22-9-21-12)6-11(10)15(18)16(17)20/h5-6,14-16,20H,2-4,7-9H2,1H3/t14-,15+,16?,17+,18-/m0/s1. The second-order valence-electron chi connectivity index (χ2n) is 8.01. The number of ether oxygens (including phenoxy) is 3. The van der Waals surface area contributed by atoms with Crippen molar-refractivity contribution in [2.45, 2.75) is 55.5 Å². The molecule has 5 heteroatoms. The van der Waals surface area contributed by atoms with Crippen LogP contribution in [0.15, 0.2) is 12.1 Å². The molecule has 0 radical (unpaired) electrons. The SMILES string of the molecule is C[C@]12C[C@]34CCCN3C[C@H](O1)c1cc3c(cc1[C@@H]4C2O)OCO3. The molecule has 1 unspecified atom stereocenters. The van der Waals surface area contributed by atoms with Crippen molar-refractivity contribution in [3.63, 3.8) is 0 Å². The van der Waals surface area contributed by atoms with E-state index in [1.54, 1.807) is 0 Å². The molecule has 3 fully saturated rings. The molecule has 1 aromatic rings. The highest BCUT2D eigenvalue weighted by Gasteiger charge is 2.68. The number of rotatable bonds is 0. The molecular weight excluding hydrogens is 294 g/mol. The normalized spacial score (nSPS) is 45.9. The fourth-order valence-corrected chi connectivity index (χ4v) is 6.07. The quantitative estimate of drug-likeness (QED) is 0.793. The average Bonchev–Trinajstić information content (AvgIpc) is 3.12. The summed E-state index contributed by atoms with van der Waals surface area (Å²) in [5.41, 5.74) is 1.99. The topological polar surface area (TPSA) is 51.2 Å². The van der Waals surface area contributed by atoms with Crippen LogP contribution in [0, 0.1) is 0 Å². The monoisotopic (exact) mass is 315 g/mol. The maximum Gasteiger partial charge on any atom is 0.231 e. The predicted molar refractivity (Wildman–Crippen MR) is 81.7 cm³/mol. The smallest absolute Gasteiger partial charge is 0.231 e. The Labute approximate surface area is 135 Å².